The lowest BCUT2D eigenvalue weighted by atomic mass is 10.2. The zero-order valence-electron chi connectivity index (χ0n) is 10.9. The minimum absolute atomic E-state index is 0.594. The minimum atomic E-state index is 0.594. The van der Waals surface area contributed by atoms with Gasteiger partial charge >= 0.3 is 0 Å². The van der Waals surface area contributed by atoms with Gasteiger partial charge in [0, 0.05) is 21.5 Å². The van der Waals surface area contributed by atoms with E-state index >= 15 is 0 Å². The zero-order chi connectivity index (χ0) is 13.8. The number of hydrogen-bond donors (Lipinski definition) is 1. The van der Waals surface area contributed by atoms with Gasteiger partial charge in [-0.05, 0) is 17.5 Å². The number of aromatic nitrogens is 2. The van der Waals surface area contributed by atoms with Gasteiger partial charge in [-0.3, -0.25) is 0 Å². The summed E-state index contributed by atoms with van der Waals surface area (Å²) in [5, 5.41) is 2.12. The van der Waals surface area contributed by atoms with E-state index in [2.05, 4.69) is 27.5 Å². The summed E-state index contributed by atoms with van der Waals surface area (Å²) in [5.41, 5.74) is 1.89. The second kappa shape index (κ2) is 4.22. The molecule has 0 fully saturated rings. The van der Waals surface area contributed by atoms with Crippen LogP contribution in [0.3, 0.4) is 0 Å². The van der Waals surface area contributed by atoms with Crippen LogP contribution in [0, 0.1) is 0 Å². The van der Waals surface area contributed by atoms with Gasteiger partial charge in [-0.2, -0.15) is 0 Å². The van der Waals surface area contributed by atoms with E-state index < -0.39 is 0 Å². The molecule has 0 amide bonds. The number of imidazole rings is 1. The highest BCUT2D eigenvalue weighted by Crippen LogP contribution is 2.38. The summed E-state index contributed by atoms with van der Waals surface area (Å²) in [5.74, 6) is 2.47. The van der Waals surface area contributed by atoms with Gasteiger partial charge in [-0.15, -0.1) is 22.7 Å². The largest absolute Gasteiger partial charge is 0.486 e. The molecule has 1 aromatic carbocycles. The molecule has 0 saturated carbocycles. The number of fused-ring (bicyclic) bond motifs is 3. The third-order valence-corrected chi connectivity index (χ3v) is 5.62. The van der Waals surface area contributed by atoms with Crippen molar-refractivity contribution in [3.63, 3.8) is 0 Å². The Balaban J connectivity index is 1.68. The average molecular weight is 314 g/mol. The molecule has 0 spiro atoms. The van der Waals surface area contributed by atoms with E-state index in [0.29, 0.717) is 13.2 Å². The molecule has 5 rings (SSSR count). The first-order chi connectivity index (χ1) is 10.4. The van der Waals surface area contributed by atoms with Crippen LogP contribution >= 0.6 is 22.7 Å². The summed E-state index contributed by atoms with van der Waals surface area (Å²) < 4.78 is 13.8. The lowest BCUT2D eigenvalue weighted by Crippen LogP contribution is -2.15. The zero-order valence-corrected chi connectivity index (χ0v) is 12.5. The molecule has 104 valence electrons. The molecular formula is C15H10N2O2S2. The first kappa shape index (κ1) is 11.6. The van der Waals surface area contributed by atoms with E-state index in [0.717, 1.165) is 33.2 Å². The highest BCUT2D eigenvalue weighted by atomic mass is 32.1. The molecule has 0 saturated heterocycles. The summed E-state index contributed by atoms with van der Waals surface area (Å²) in [7, 11) is 0. The molecule has 0 aliphatic carbocycles. The van der Waals surface area contributed by atoms with E-state index in [-0.39, 0.29) is 0 Å². The van der Waals surface area contributed by atoms with E-state index in [1.807, 2.05) is 12.1 Å². The molecule has 1 aliphatic heterocycles. The smallest absolute Gasteiger partial charge is 0.163 e. The normalized spacial score (nSPS) is 14.1. The van der Waals surface area contributed by atoms with Crippen molar-refractivity contribution in [1.82, 2.24) is 9.97 Å². The van der Waals surface area contributed by atoms with E-state index in [9.17, 15) is 0 Å². The van der Waals surface area contributed by atoms with Crippen LogP contribution in [0.4, 0.5) is 0 Å². The number of benzene rings is 1. The topological polar surface area (TPSA) is 47.1 Å². The Morgan fingerprint density at radius 1 is 1.05 bits per heavy atom. The summed E-state index contributed by atoms with van der Waals surface area (Å²) >= 11 is 3.52. The molecular weight excluding hydrogens is 304 g/mol. The highest BCUT2D eigenvalue weighted by Gasteiger charge is 2.16. The van der Waals surface area contributed by atoms with Gasteiger partial charge < -0.3 is 14.5 Å². The molecule has 1 N–H and O–H groups in total. The number of rotatable bonds is 1. The second-order valence-corrected chi connectivity index (χ2v) is 6.89. The number of thiophene rings is 2. The standard InChI is InChI=1S/C15H10N2O2S2/c1-4-20-13-7-14(21-12(1)13)15-16-8-5-10-11(6-9(8)17-15)19-3-2-18-10/h1,4-7H,2-3H2,(H,16,17). The Morgan fingerprint density at radius 2 is 1.90 bits per heavy atom. The molecule has 21 heavy (non-hydrogen) atoms. The van der Waals surface area contributed by atoms with E-state index in [4.69, 9.17) is 9.47 Å². The Morgan fingerprint density at radius 3 is 2.76 bits per heavy atom. The Hall–Kier alpha value is -2.05. The number of ether oxygens (including phenoxy) is 2. The van der Waals surface area contributed by atoms with Crippen LogP contribution in [-0.2, 0) is 0 Å². The summed E-state index contributed by atoms with van der Waals surface area (Å²) in [6, 6.07) is 8.25. The monoisotopic (exact) mass is 314 g/mol. The molecule has 1 aliphatic rings. The summed E-state index contributed by atoms with van der Waals surface area (Å²) in [6.07, 6.45) is 0. The van der Waals surface area contributed by atoms with Crippen molar-refractivity contribution in [2.75, 3.05) is 13.2 Å². The third kappa shape index (κ3) is 1.76. The van der Waals surface area contributed by atoms with Crippen LogP contribution < -0.4 is 9.47 Å². The SMILES string of the molecule is c1cc2sc(-c3nc4cc5c(cc4[nH]3)OCCO5)cc2s1. The molecule has 6 heteroatoms. The quantitative estimate of drug-likeness (QED) is 0.570. The van der Waals surface area contributed by atoms with Crippen molar-refractivity contribution in [3.8, 4) is 22.2 Å². The van der Waals surface area contributed by atoms with Crippen molar-refractivity contribution in [1.29, 1.82) is 0 Å². The lowest BCUT2D eigenvalue weighted by molar-refractivity contribution is 0.172. The third-order valence-electron chi connectivity index (χ3n) is 3.52. The summed E-state index contributed by atoms with van der Waals surface area (Å²) in [4.78, 5) is 9.23. The van der Waals surface area contributed by atoms with Crippen LogP contribution in [0.1, 0.15) is 0 Å². The van der Waals surface area contributed by atoms with Crippen LogP contribution in [-0.4, -0.2) is 23.2 Å². The molecule has 3 aromatic heterocycles. The van der Waals surface area contributed by atoms with E-state index in [1.165, 1.54) is 9.40 Å². The van der Waals surface area contributed by atoms with Crippen LogP contribution in [0.2, 0.25) is 0 Å². The number of hydrogen-bond acceptors (Lipinski definition) is 5. The maximum absolute atomic E-state index is 5.61. The number of H-pyrrole nitrogens is 1. The van der Waals surface area contributed by atoms with Crippen molar-refractivity contribution >= 4 is 43.1 Å². The van der Waals surface area contributed by atoms with Gasteiger partial charge in [0.1, 0.15) is 19.0 Å². The summed E-state index contributed by atoms with van der Waals surface area (Å²) in [6.45, 7) is 1.19. The first-order valence-electron chi connectivity index (χ1n) is 6.63. The minimum Gasteiger partial charge on any atom is -0.486 e. The molecule has 4 heterocycles. The Kier molecular flexibility index (Phi) is 2.33. The van der Waals surface area contributed by atoms with Crippen molar-refractivity contribution in [3.05, 3.63) is 29.6 Å². The van der Waals surface area contributed by atoms with Gasteiger partial charge in [0.2, 0.25) is 0 Å². The first-order valence-corrected chi connectivity index (χ1v) is 8.33. The fourth-order valence-corrected chi connectivity index (χ4v) is 4.60. The highest BCUT2D eigenvalue weighted by molar-refractivity contribution is 7.28. The van der Waals surface area contributed by atoms with Gasteiger partial charge in [0.25, 0.3) is 0 Å². The fraction of sp³-hybridized carbons (Fsp3) is 0.133. The van der Waals surface area contributed by atoms with Gasteiger partial charge in [0.15, 0.2) is 11.5 Å². The van der Waals surface area contributed by atoms with Gasteiger partial charge in [-0.1, -0.05) is 0 Å². The van der Waals surface area contributed by atoms with Gasteiger partial charge in [0.05, 0.1) is 15.9 Å². The predicted molar refractivity (Wildman–Crippen MR) is 85.8 cm³/mol. The molecule has 4 nitrogen and oxygen atoms in total. The van der Waals surface area contributed by atoms with Crippen LogP contribution in [0.5, 0.6) is 11.5 Å². The van der Waals surface area contributed by atoms with Crippen molar-refractivity contribution < 1.29 is 9.47 Å². The fourth-order valence-electron chi connectivity index (χ4n) is 2.55. The van der Waals surface area contributed by atoms with E-state index in [1.54, 1.807) is 22.7 Å². The van der Waals surface area contributed by atoms with Gasteiger partial charge in [-0.25, -0.2) is 4.98 Å². The predicted octanol–water partition coefficient (Wildman–Crippen LogP) is 4.28. The van der Waals surface area contributed by atoms with Crippen LogP contribution in [0.25, 0.3) is 31.1 Å². The van der Waals surface area contributed by atoms with Crippen molar-refractivity contribution in [2.24, 2.45) is 0 Å². The average Bonchev–Trinajstić information content (AvgIpc) is 3.17. The molecule has 0 radical (unpaired) electrons. The number of nitrogens with one attached hydrogen (secondary N) is 1. The molecule has 0 atom stereocenters. The Bertz CT molecular complexity index is 895. The Labute approximate surface area is 128 Å². The van der Waals surface area contributed by atoms with Crippen LogP contribution in [0.15, 0.2) is 29.6 Å². The number of nitrogens with zero attached hydrogens (tertiary/aromatic N) is 1. The molecule has 0 bridgehead atoms. The second-order valence-electron chi connectivity index (χ2n) is 4.86. The maximum Gasteiger partial charge on any atom is 0.163 e. The molecule has 0 unspecified atom stereocenters. The molecule has 4 aromatic rings. The van der Waals surface area contributed by atoms with Crippen molar-refractivity contribution in [2.45, 2.75) is 0 Å². The number of aromatic amines is 1. The lowest BCUT2D eigenvalue weighted by Gasteiger charge is -2.17. The maximum atomic E-state index is 5.61.